The SMILES string of the molecule is C.CC.CC.Cc1ccc([B]c2ccc(C)cc2)cc1. The van der Waals surface area contributed by atoms with Crippen LogP contribution in [-0.4, -0.2) is 7.28 Å². The zero-order valence-corrected chi connectivity index (χ0v) is 13.2. The van der Waals surface area contributed by atoms with E-state index in [1.807, 2.05) is 27.7 Å². The van der Waals surface area contributed by atoms with Crippen LogP contribution in [0.25, 0.3) is 0 Å². The molecule has 1 radical (unpaired) electrons. The molecule has 0 aliphatic heterocycles. The van der Waals surface area contributed by atoms with Gasteiger partial charge in [-0.15, -0.1) is 0 Å². The molecule has 2 aromatic carbocycles. The van der Waals surface area contributed by atoms with Gasteiger partial charge in [0.15, 0.2) is 7.28 Å². The number of hydrogen-bond donors (Lipinski definition) is 0. The summed E-state index contributed by atoms with van der Waals surface area (Å²) in [4.78, 5) is 0. The highest BCUT2D eigenvalue weighted by molar-refractivity contribution is 6.67. The maximum Gasteiger partial charge on any atom is 0.191 e. The fourth-order valence-corrected chi connectivity index (χ4v) is 1.52. The number of rotatable bonds is 2. The third kappa shape index (κ3) is 7.83. The maximum atomic E-state index is 2.19. The number of hydrogen-bond acceptors (Lipinski definition) is 0. The van der Waals surface area contributed by atoms with Crippen molar-refractivity contribution >= 4 is 18.2 Å². The van der Waals surface area contributed by atoms with Crippen molar-refractivity contribution in [2.75, 3.05) is 0 Å². The predicted molar refractivity (Wildman–Crippen MR) is 96.8 cm³/mol. The van der Waals surface area contributed by atoms with Crippen LogP contribution in [0.3, 0.4) is 0 Å². The van der Waals surface area contributed by atoms with Crippen LogP contribution in [0, 0.1) is 13.8 Å². The normalized spacial score (nSPS) is 8.10. The van der Waals surface area contributed by atoms with Crippen LogP contribution < -0.4 is 10.9 Å². The molecule has 0 aromatic heterocycles. The van der Waals surface area contributed by atoms with Crippen LogP contribution in [0.5, 0.6) is 0 Å². The maximum absolute atomic E-state index is 2.19. The van der Waals surface area contributed by atoms with E-state index < -0.39 is 0 Å². The lowest BCUT2D eigenvalue weighted by Crippen LogP contribution is -2.26. The summed E-state index contributed by atoms with van der Waals surface area (Å²) in [5, 5.41) is 0. The van der Waals surface area contributed by atoms with Gasteiger partial charge in [0.1, 0.15) is 0 Å². The second kappa shape index (κ2) is 12.5. The monoisotopic (exact) mass is 269 g/mol. The lowest BCUT2D eigenvalue weighted by Gasteiger charge is -2.01. The molecule has 0 amide bonds. The van der Waals surface area contributed by atoms with Gasteiger partial charge in [0.2, 0.25) is 0 Å². The highest BCUT2D eigenvalue weighted by Gasteiger charge is 1.97. The third-order valence-electron chi connectivity index (χ3n) is 2.49. The Morgan fingerprint density at radius 2 is 0.800 bits per heavy atom. The van der Waals surface area contributed by atoms with E-state index in [0.717, 1.165) is 0 Å². The molecule has 0 saturated carbocycles. The summed E-state index contributed by atoms with van der Waals surface area (Å²) < 4.78 is 0. The number of aryl methyl sites for hydroxylation is 2. The molecule has 2 aromatic rings. The lowest BCUT2D eigenvalue weighted by molar-refractivity contribution is 1.48. The molecular formula is C19H30B. The minimum Gasteiger partial charge on any atom is -0.0814 e. The fourth-order valence-electron chi connectivity index (χ4n) is 1.52. The van der Waals surface area contributed by atoms with E-state index in [9.17, 15) is 0 Å². The molecule has 0 fully saturated rings. The van der Waals surface area contributed by atoms with Gasteiger partial charge in [0.25, 0.3) is 0 Å². The van der Waals surface area contributed by atoms with E-state index in [-0.39, 0.29) is 7.43 Å². The van der Waals surface area contributed by atoms with Crippen LogP contribution in [-0.2, 0) is 0 Å². The Morgan fingerprint density at radius 3 is 1.05 bits per heavy atom. The first-order chi connectivity index (χ1) is 9.24. The van der Waals surface area contributed by atoms with Gasteiger partial charge < -0.3 is 0 Å². The largest absolute Gasteiger partial charge is 0.191 e. The van der Waals surface area contributed by atoms with Crippen molar-refractivity contribution in [1.29, 1.82) is 0 Å². The van der Waals surface area contributed by atoms with Gasteiger partial charge in [0, 0.05) is 0 Å². The van der Waals surface area contributed by atoms with Crippen molar-refractivity contribution in [3.63, 3.8) is 0 Å². The average Bonchev–Trinajstić information content (AvgIpc) is 2.48. The van der Waals surface area contributed by atoms with Crippen molar-refractivity contribution in [3.8, 4) is 0 Å². The third-order valence-corrected chi connectivity index (χ3v) is 2.49. The van der Waals surface area contributed by atoms with E-state index in [1.165, 1.54) is 22.1 Å². The smallest absolute Gasteiger partial charge is 0.0814 e. The minimum absolute atomic E-state index is 0. The minimum atomic E-state index is 0. The Kier molecular flexibility index (Phi) is 13.0. The second-order valence-electron chi connectivity index (χ2n) is 3.97. The summed E-state index contributed by atoms with van der Waals surface area (Å²) in [7, 11) is 2.19. The Morgan fingerprint density at radius 1 is 0.550 bits per heavy atom. The Balaban J connectivity index is 0. The van der Waals surface area contributed by atoms with Gasteiger partial charge in [-0.25, -0.2) is 0 Å². The first-order valence-electron chi connectivity index (χ1n) is 7.22. The quantitative estimate of drug-likeness (QED) is 0.696. The second-order valence-corrected chi connectivity index (χ2v) is 3.97. The molecule has 0 atom stereocenters. The van der Waals surface area contributed by atoms with Crippen LogP contribution in [0.15, 0.2) is 48.5 Å². The van der Waals surface area contributed by atoms with Crippen molar-refractivity contribution in [1.82, 2.24) is 0 Å². The first-order valence-corrected chi connectivity index (χ1v) is 7.22. The molecule has 20 heavy (non-hydrogen) atoms. The molecule has 0 heterocycles. The fraction of sp³-hybridized carbons (Fsp3) is 0.368. The molecular weight excluding hydrogens is 239 g/mol. The van der Waals surface area contributed by atoms with Gasteiger partial charge in [-0.3, -0.25) is 0 Å². The van der Waals surface area contributed by atoms with Gasteiger partial charge in [-0.05, 0) is 13.8 Å². The van der Waals surface area contributed by atoms with Gasteiger partial charge in [-0.2, -0.15) is 0 Å². The molecule has 109 valence electrons. The van der Waals surface area contributed by atoms with Crippen LogP contribution in [0.1, 0.15) is 46.2 Å². The molecule has 0 aliphatic rings. The first kappa shape index (κ1) is 20.8. The van der Waals surface area contributed by atoms with Gasteiger partial charge in [-0.1, -0.05) is 106 Å². The van der Waals surface area contributed by atoms with Gasteiger partial charge in [0.05, 0.1) is 0 Å². The molecule has 2 rings (SSSR count). The number of benzene rings is 2. The summed E-state index contributed by atoms with van der Waals surface area (Å²) >= 11 is 0. The molecule has 0 N–H and O–H groups in total. The van der Waals surface area contributed by atoms with E-state index in [4.69, 9.17) is 0 Å². The zero-order valence-electron chi connectivity index (χ0n) is 13.2. The van der Waals surface area contributed by atoms with Crippen LogP contribution >= 0.6 is 0 Å². The molecule has 0 saturated heterocycles. The summed E-state index contributed by atoms with van der Waals surface area (Å²) in [5.74, 6) is 0. The molecule has 1 heteroatoms. The van der Waals surface area contributed by atoms with E-state index in [2.05, 4.69) is 69.7 Å². The summed E-state index contributed by atoms with van der Waals surface area (Å²) in [6.07, 6.45) is 0. The molecule has 0 unspecified atom stereocenters. The predicted octanol–water partition coefficient (Wildman–Crippen LogP) is 4.65. The van der Waals surface area contributed by atoms with E-state index in [0.29, 0.717) is 0 Å². The molecule has 0 nitrogen and oxygen atoms in total. The van der Waals surface area contributed by atoms with Crippen molar-refractivity contribution in [2.45, 2.75) is 49.0 Å². The zero-order chi connectivity index (χ0) is 14.7. The van der Waals surface area contributed by atoms with Crippen LogP contribution in [0.4, 0.5) is 0 Å². The highest BCUT2D eigenvalue weighted by Crippen LogP contribution is 1.94. The molecule has 0 aliphatic carbocycles. The summed E-state index contributed by atoms with van der Waals surface area (Å²) in [6, 6.07) is 17.1. The van der Waals surface area contributed by atoms with Gasteiger partial charge >= 0.3 is 0 Å². The standard InChI is InChI=1S/C14H14B.2C2H6.CH4/c1-11-3-7-13(8-4-11)15-14-9-5-12(2)6-10-14;2*1-2;/h3-10H,1-2H3;2*1-2H3;1H4. The van der Waals surface area contributed by atoms with E-state index >= 15 is 0 Å². The summed E-state index contributed by atoms with van der Waals surface area (Å²) in [5.41, 5.74) is 5.11. The van der Waals surface area contributed by atoms with Crippen molar-refractivity contribution < 1.29 is 0 Å². The van der Waals surface area contributed by atoms with Crippen LogP contribution in [0.2, 0.25) is 0 Å². The van der Waals surface area contributed by atoms with E-state index in [1.54, 1.807) is 0 Å². The highest BCUT2D eigenvalue weighted by atomic mass is 13.9. The Labute approximate surface area is 127 Å². The topological polar surface area (TPSA) is 0 Å². The van der Waals surface area contributed by atoms with Crippen molar-refractivity contribution in [3.05, 3.63) is 59.7 Å². The Hall–Kier alpha value is -1.50. The summed E-state index contributed by atoms with van der Waals surface area (Å²) in [6.45, 7) is 12.2. The lowest BCUT2D eigenvalue weighted by atomic mass is 9.64. The Bertz CT molecular complexity index is 383. The molecule has 0 bridgehead atoms. The van der Waals surface area contributed by atoms with Crippen molar-refractivity contribution in [2.24, 2.45) is 0 Å². The molecule has 0 spiro atoms. The average molecular weight is 269 g/mol.